The zero-order valence-corrected chi connectivity index (χ0v) is 14.9. The van der Waals surface area contributed by atoms with Gasteiger partial charge in [-0.15, -0.1) is 0 Å². The van der Waals surface area contributed by atoms with E-state index in [-0.39, 0.29) is 11.8 Å². The second-order valence-electron chi connectivity index (χ2n) is 6.70. The van der Waals surface area contributed by atoms with E-state index < -0.39 is 0 Å². The van der Waals surface area contributed by atoms with Crippen LogP contribution < -0.4 is 11.1 Å². The Hall–Kier alpha value is -3.59. The topological polar surface area (TPSA) is 112 Å². The van der Waals surface area contributed by atoms with Crippen molar-refractivity contribution in [3.8, 4) is 6.07 Å². The fourth-order valence-electron chi connectivity index (χ4n) is 3.69. The minimum Gasteiger partial charge on any atom is -0.442 e. The number of aromatic nitrogens is 1. The molecule has 1 unspecified atom stereocenters. The van der Waals surface area contributed by atoms with E-state index in [0.717, 1.165) is 29.7 Å². The van der Waals surface area contributed by atoms with E-state index in [9.17, 15) is 5.26 Å². The van der Waals surface area contributed by atoms with Crippen LogP contribution in [0, 0.1) is 23.7 Å². The van der Waals surface area contributed by atoms with Crippen LogP contribution in [0.25, 0.3) is 0 Å². The smallest absolute Gasteiger partial charge is 0.181 e. The lowest BCUT2D eigenvalue weighted by Crippen LogP contribution is -2.10. The van der Waals surface area contributed by atoms with Crippen molar-refractivity contribution >= 4 is 17.1 Å². The number of nitriles is 1. The van der Waals surface area contributed by atoms with Crippen molar-refractivity contribution in [3.63, 3.8) is 0 Å². The highest BCUT2D eigenvalue weighted by Gasteiger charge is 2.25. The Morgan fingerprint density at radius 3 is 2.96 bits per heavy atom. The summed E-state index contributed by atoms with van der Waals surface area (Å²) >= 11 is 0. The maximum absolute atomic E-state index is 9.23. The highest BCUT2D eigenvalue weighted by Crippen LogP contribution is 2.37. The molecular formula is C21H19N5O. The average molecular weight is 357 g/mol. The van der Waals surface area contributed by atoms with Crippen LogP contribution in [0.15, 0.2) is 47.3 Å². The van der Waals surface area contributed by atoms with Crippen molar-refractivity contribution < 1.29 is 4.42 Å². The summed E-state index contributed by atoms with van der Waals surface area (Å²) in [4.78, 5) is 3.86. The molecule has 1 aliphatic carbocycles. The van der Waals surface area contributed by atoms with E-state index >= 15 is 0 Å². The van der Waals surface area contributed by atoms with Gasteiger partial charge in [0.15, 0.2) is 12.2 Å². The molecule has 1 atom stereocenters. The molecule has 0 fully saturated rings. The summed E-state index contributed by atoms with van der Waals surface area (Å²) in [5.74, 6) is 0.379. The molecule has 6 heteroatoms. The molecule has 3 aromatic rings. The molecule has 0 spiro atoms. The second kappa shape index (κ2) is 6.61. The van der Waals surface area contributed by atoms with E-state index in [1.54, 1.807) is 6.07 Å². The van der Waals surface area contributed by atoms with Gasteiger partial charge in [-0.3, -0.25) is 5.41 Å². The van der Waals surface area contributed by atoms with Crippen LogP contribution in [0.3, 0.4) is 0 Å². The first-order chi connectivity index (χ1) is 13.1. The molecule has 1 aromatic heterocycles. The number of fused-ring (bicyclic) bond motifs is 1. The van der Waals surface area contributed by atoms with E-state index in [1.165, 1.54) is 23.7 Å². The maximum Gasteiger partial charge on any atom is 0.181 e. The number of anilines is 2. The molecule has 6 nitrogen and oxygen atoms in total. The zero-order valence-electron chi connectivity index (χ0n) is 14.9. The molecule has 2 aromatic carbocycles. The van der Waals surface area contributed by atoms with Gasteiger partial charge in [0, 0.05) is 16.9 Å². The van der Waals surface area contributed by atoms with Gasteiger partial charge in [0.25, 0.3) is 0 Å². The number of benzene rings is 2. The van der Waals surface area contributed by atoms with Crippen molar-refractivity contribution in [2.24, 2.45) is 0 Å². The van der Waals surface area contributed by atoms with Crippen molar-refractivity contribution in [2.75, 3.05) is 11.1 Å². The van der Waals surface area contributed by atoms with Crippen LogP contribution in [0.5, 0.6) is 0 Å². The number of hydrogen-bond acceptors (Lipinski definition) is 6. The fourth-order valence-corrected chi connectivity index (χ4v) is 3.69. The van der Waals surface area contributed by atoms with Crippen molar-refractivity contribution in [1.29, 1.82) is 10.7 Å². The Balaban J connectivity index is 1.62. The predicted molar refractivity (Wildman–Crippen MR) is 104 cm³/mol. The van der Waals surface area contributed by atoms with Crippen LogP contribution in [0.2, 0.25) is 0 Å². The van der Waals surface area contributed by atoms with Gasteiger partial charge in [0.05, 0.1) is 23.9 Å². The molecule has 0 saturated carbocycles. The van der Waals surface area contributed by atoms with E-state index in [0.29, 0.717) is 17.0 Å². The van der Waals surface area contributed by atoms with Gasteiger partial charge in [0.2, 0.25) is 0 Å². The molecule has 0 amide bonds. The maximum atomic E-state index is 9.23. The number of rotatable bonds is 4. The number of hydrogen-bond donors (Lipinski definition) is 3. The summed E-state index contributed by atoms with van der Waals surface area (Å²) in [7, 11) is 0. The lowest BCUT2D eigenvalue weighted by Gasteiger charge is -2.18. The zero-order chi connectivity index (χ0) is 19.0. The van der Waals surface area contributed by atoms with Crippen LogP contribution in [-0.2, 0) is 6.42 Å². The third kappa shape index (κ3) is 2.93. The summed E-state index contributed by atoms with van der Waals surface area (Å²) in [6.45, 7) is 2.01. The Morgan fingerprint density at radius 1 is 1.37 bits per heavy atom. The molecule has 0 aliphatic heterocycles. The van der Waals surface area contributed by atoms with Gasteiger partial charge in [-0.1, -0.05) is 6.07 Å². The second-order valence-corrected chi connectivity index (χ2v) is 6.70. The van der Waals surface area contributed by atoms with Crippen LogP contribution in [0.1, 0.15) is 46.0 Å². The molecule has 4 N–H and O–H groups in total. The number of oxazole rings is 1. The van der Waals surface area contributed by atoms with Crippen LogP contribution in [0.4, 0.5) is 11.4 Å². The Morgan fingerprint density at radius 2 is 2.22 bits per heavy atom. The monoisotopic (exact) mass is 357 g/mol. The largest absolute Gasteiger partial charge is 0.442 e. The molecular weight excluding hydrogens is 338 g/mol. The Kier molecular flexibility index (Phi) is 4.13. The standard InChI is InChI=1S/C21H19N5O/c1-12-13(9-22)2-4-16-15(12)5-7-19(16)26-14-3-6-18(23)17(8-14)21(24)20-10-25-11-27-20/h2-4,6,8,10-11,19,24,26H,5,7,23H2,1H3. The van der Waals surface area contributed by atoms with Crippen molar-refractivity contribution in [3.05, 3.63) is 76.5 Å². The van der Waals surface area contributed by atoms with Gasteiger partial charge in [0.1, 0.15) is 5.71 Å². The number of nitrogens with one attached hydrogen (secondary N) is 2. The third-order valence-electron chi connectivity index (χ3n) is 5.16. The predicted octanol–water partition coefficient (Wildman–Crippen LogP) is 3.95. The molecule has 27 heavy (non-hydrogen) atoms. The lowest BCUT2D eigenvalue weighted by atomic mass is 9.98. The fraction of sp³-hybridized carbons (Fsp3) is 0.190. The molecule has 1 heterocycles. The number of nitrogens with zero attached hydrogens (tertiary/aromatic N) is 2. The van der Waals surface area contributed by atoms with Gasteiger partial charge < -0.3 is 15.5 Å². The van der Waals surface area contributed by atoms with E-state index in [2.05, 4.69) is 16.4 Å². The normalized spacial score (nSPS) is 15.2. The average Bonchev–Trinajstić information content (AvgIpc) is 3.34. The quantitative estimate of drug-likeness (QED) is 0.483. The van der Waals surface area contributed by atoms with Crippen LogP contribution in [-0.4, -0.2) is 10.7 Å². The third-order valence-corrected chi connectivity index (χ3v) is 5.16. The first-order valence-corrected chi connectivity index (χ1v) is 8.75. The molecule has 0 saturated heterocycles. The highest BCUT2D eigenvalue weighted by molar-refractivity contribution is 6.12. The Labute approximate surface area is 157 Å². The molecule has 4 rings (SSSR count). The number of nitrogens with two attached hydrogens (primary N) is 1. The summed E-state index contributed by atoms with van der Waals surface area (Å²) in [6.07, 6.45) is 4.72. The van der Waals surface area contributed by atoms with Crippen LogP contribution >= 0.6 is 0 Å². The first-order valence-electron chi connectivity index (χ1n) is 8.75. The molecule has 0 radical (unpaired) electrons. The van der Waals surface area contributed by atoms with Gasteiger partial charge in [-0.25, -0.2) is 4.98 Å². The first kappa shape index (κ1) is 16.9. The minimum atomic E-state index is 0.169. The number of nitrogen functional groups attached to an aromatic ring is 1. The highest BCUT2D eigenvalue weighted by atomic mass is 16.3. The summed E-state index contributed by atoms with van der Waals surface area (Å²) in [5.41, 5.74) is 12.6. The summed E-state index contributed by atoms with van der Waals surface area (Å²) < 4.78 is 5.22. The molecule has 134 valence electrons. The van der Waals surface area contributed by atoms with Gasteiger partial charge in [-0.2, -0.15) is 5.26 Å². The van der Waals surface area contributed by atoms with Crippen molar-refractivity contribution in [2.45, 2.75) is 25.8 Å². The van der Waals surface area contributed by atoms with E-state index in [1.807, 2.05) is 31.2 Å². The lowest BCUT2D eigenvalue weighted by molar-refractivity contribution is 0.548. The Bertz CT molecular complexity index is 1060. The molecule has 1 aliphatic rings. The molecule has 0 bridgehead atoms. The van der Waals surface area contributed by atoms with Crippen molar-refractivity contribution in [1.82, 2.24) is 4.98 Å². The summed E-state index contributed by atoms with van der Waals surface area (Å²) in [6, 6.07) is 11.9. The minimum absolute atomic E-state index is 0.169. The van der Waals surface area contributed by atoms with Gasteiger partial charge >= 0.3 is 0 Å². The van der Waals surface area contributed by atoms with E-state index in [4.69, 9.17) is 15.6 Å². The SMILES string of the molecule is Cc1c(C#N)ccc2c1CCC2Nc1ccc(N)c(C(=N)c2cnco2)c1. The van der Waals surface area contributed by atoms with Gasteiger partial charge in [-0.05, 0) is 60.7 Å². The summed E-state index contributed by atoms with van der Waals surface area (Å²) in [5, 5.41) is 21.1.